The van der Waals surface area contributed by atoms with E-state index in [4.69, 9.17) is 9.47 Å². The third kappa shape index (κ3) is 2.92. The fourth-order valence-electron chi connectivity index (χ4n) is 2.85. The molecule has 0 spiro atoms. The number of aliphatic hydroxyl groups excluding tert-OH is 1. The van der Waals surface area contributed by atoms with Crippen LogP contribution in [0.1, 0.15) is 33.4 Å². The van der Waals surface area contributed by atoms with Gasteiger partial charge in [0.05, 0.1) is 20.3 Å². The first kappa shape index (κ1) is 14.4. The molecule has 0 saturated carbocycles. The van der Waals surface area contributed by atoms with E-state index in [1.54, 1.807) is 25.6 Å². The number of benzene rings is 1. The Hall–Kier alpha value is -1.52. The summed E-state index contributed by atoms with van der Waals surface area (Å²) in [5, 5.41) is 10.5. The van der Waals surface area contributed by atoms with Crippen LogP contribution in [0, 0.1) is 0 Å². The van der Waals surface area contributed by atoms with Gasteiger partial charge in [0.2, 0.25) is 0 Å². The van der Waals surface area contributed by atoms with Crippen LogP contribution in [-0.4, -0.2) is 19.3 Å². The summed E-state index contributed by atoms with van der Waals surface area (Å²) in [4.78, 5) is 2.53. The van der Waals surface area contributed by atoms with Gasteiger partial charge in [0.1, 0.15) is 0 Å². The summed E-state index contributed by atoms with van der Waals surface area (Å²) in [6.45, 7) is 0. The highest BCUT2D eigenvalue weighted by atomic mass is 32.1. The van der Waals surface area contributed by atoms with Gasteiger partial charge < -0.3 is 14.6 Å². The van der Waals surface area contributed by atoms with E-state index in [9.17, 15) is 5.11 Å². The first-order chi connectivity index (χ1) is 10.2. The predicted octanol–water partition coefficient (Wildman–Crippen LogP) is 3.53. The summed E-state index contributed by atoms with van der Waals surface area (Å²) in [6.07, 6.45) is 3.74. The summed E-state index contributed by atoms with van der Waals surface area (Å²) in [6, 6.07) is 7.98. The molecule has 2 aromatic rings. The Morgan fingerprint density at radius 2 is 1.95 bits per heavy atom. The fraction of sp³-hybridized carbons (Fsp3) is 0.412. The Balaban J connectivity index is 1.76. The molecule has 1 aromatic carbocycles. The van der Waals surface area contributed by atoms with E-state index in [1.807, 2.05) is 18.2 Å². The number of ether oxygens (including phenoxy) is 2. The molecule has 3 rings (SSSR count). The standard InChI is InChI=1S/C17H20O3S/c1-19-14-7-6-11(9-15(14)20-2)8-13(18)17-10-12-4-3-5-16(12)21-17/h6-7,9-10,13,18H,3-5,8H2,1-2H3. The van der Waals surface area contributed by atoms with Gasteiger partial charge in [-0.1, -0.05) is 6.07 Å². The molecule has 4 heteroatoms. The molecule has 1 atom stereocenters. The van der Waals surface area contributed by atoms with Gasteiger partial charge in [0, 0.05) is 16.2 Å². The number of hydrogen-bond donors (Lipinski definition) is 1. The largest absolute Gasteiger partial charge is 0.493 e. The molecule has 1 N–H and O–H groups in total. The molecule has 21 heavy (non-hydrogen) atoms. The van der Waals surface area contributed by atoms with Crippen molar-refractivity contribution in [1.29, 1.82) is 0 Å². The second kappa shape index (κ2) is 6.08. The van der Waals surface area contributed by atoms with Crippen molar-refractivity contribution in [2.45, 2.75) is 31.8 Å². The summed E-state index contributed by atoms with van der Waals surface area (Å²) in [5.74, 6) is 1.42. The number of aliphatic hydroxyl groups is 1. The molecule has 1 aromatic heterocycles. The zero-order chi connectivity index (χ0) is 14.8. The monoisotopic (exact) mass is 304 g/mol. The number of aryl methyl sites for hydroxylation is 2. The van der Waals surface area contributed by atoms with Crippen molar-refractivity contribution < 1.29 is 14.6 Å². The Bertz CT molecular complexity index is 611. The normalized spacial score (nSPS) is 14.8. The van der Waals surface area contributed by atoms with Crippen molar-refractivity contribution in [2.75, 3.05) is 14.2 Å². The van der Waals surface area contributed by atoms with Crippen molar-refractivity contribution in [1.82, 2.24) is 0 Å². The lowest BCUT2D eigenvalue weighted by Gasteiger charge is -2.12. The summed E-state index contributed by atoms with van der Waals surface area (Å²) in [7, 11) is 3.25. The third-order valence-corrected chi connectivity index (χ3v) is 5.31. The molecule has 0 bridgehead atoms. The van der Waals surface area contributed by atoms with Crippen molar-refractivity contribution in [2.24, 2.45) is 0 Å². The van der Waals surface area contributed by atoms with Gasteiger partial charge in [-0.25, -0.2) is 0 Å². The van der Waals surface area contributed by atoms with Gasteiger partial charge in [-0.3, -0.25) is 0 Å². The predicted molar refractivity (Wildman–Crippen MR) is 84.6 cm³/mol. The Kier molecular flexibility index (Phi) is 4.17. The van der Waals surface area contributed by atoms with Gasteiger partial charge in [-0.2, -0.15) is 0 Å². The Morgan fingerprint density at radius 3 is 2.67 bits per heavy atom. The van der Waals surface area contributed by atoms with E-state index in [-0.39, 0.29) is 0 Å². The van der Waals surface area contributed by atoms with Crippen LogP contribution in [0.3, 0.4) is 0 Å². The highest BCUT2D eigenvalue weighted by Gasteiger charge is 2.19. The first-order valence-electron chi connectivity index (χ1n) is 7.21. The van der Waals surface area contributed by atoms with Crippen LogP contribution in [-0.2, 0) is 19.3 Å². The number of rotatable bonds is 5. The van der Waals surface area contributed by atoms with E-state index < -0.39 is 6.10 Å². The fourth-order valence-corrected chi connectivity index (χ4v) is 4.09. The highest BCUT2D eigenvalue weighted by molar-refractivity contribution is 7.12. The van der Waals surface area contributed by atoms with Crippen molar-refractivity contribution in [3.8, 4) is 11.5 Å². The van der Waals surface area contributed by atoms with Crippen LogP contribution in [0.4, 0.5) is 0 Å². The molecule has 1 aliphatic carbocycles. The minimum Gasteiger partial charge on any atom is -0.493 e. The van der Waals surface area contributed by atoms with E-state index in [2.05, 4.69) is 6.07 Å². The van der Waals surface area contributed by atoms with E-state index in [1.165, 1.54) is 23.3 Å². The van der Waals surface area contributed by atoms with Crippen LogP contribution in [0.5, 0.6) is 11.5 Å². The molecule has 1 unspecified atom stereocenters. The molecule has 3 nitrogen and oxygen atoms in total. The van der Waals surface area contributed by atoms with Gasteiger partial charge in [-0.05, 0) is 48.6 Å². The lowest BCUT2D eigenvalue weighted by Crippen LogP contribution is -2.01. The van der Waals surface area contributed by atoms with E-state index in [0.29, 0.717) is 17.9 Å². The molecule has 1 aliphatic rings. The van der Waals surface area contributed by atoms with Crippen molar-refractivity contribution in [3.05, 3.63) is 45.1 Å². The van der Waals surface area contributed by atoms with E-state index in [0.717, 1.165) is 16.9 Å². The molecule has 1 heterocycles. The second-order valence-corrected chi connectivity index (χ2v) is 6.53. The van der Waals surface area contributed by atoms with Crippen LogP contribution < -0.4 is 9.47 Å². The second-order valence-electron chi connectivity index (χ2n) is 5.36. The van der Waals surface area contributed by atoms with Gasteiger partial charge in [0.25, 0.3) is 0 Å². The lowest BCUT2D eigenvalue weighted by atomic mass is 10.1. The maximum absolute atomic E-state index is 10.5. The molecule has 0 radical (unpaired) electrons. The van der Waals surface area contributed by atoms with Crippen LogP contribution >= 0.6 is 11.3 Å². The molecule has 112 valence electrons. The summed E-state index contributed by atoms with van der Waals surface area (Å²) in [5.41, 5.74) is 2.48. The maximum atomic E-state index is 10.5. The lowest BCUT2D eigenvalue weighted by molar-refractivity contribution is 0.182. The SMILES string of the molecule is COc1ccc(CC(O)c2cc3c(s2)CCC3)cc1OC. The van der Waals surface area contributed by atoms with E-state index >= 15 is 0 Å². The topological polar surface area (TPSA) is 38.7 Å². The average Bonchev–Trinajstić information content (AvgIpc) is 3.08. The molecular weight excluding hydrogens is 284 g/mol. The first-order valence-corrected chi connectivity index (χ1v) is 8.03. The minimum absolute atomic E-state index is 0.446. The quantitative estimate of drug-likeness (QED) is 0.918. The number of fused-ring (bicyclic) bond motifs is 1. The minimum atomic E-state index is -0.446. The number of hydrogen-bond acceptors (Lipinski definition) is 4. The molecule has 0 fully saturated rings. The molecule has 0 saturated heterocycles. The van der Waals surface area contributed by atoms with Gasteiger partial charge in [-0.15, -0.1) is 11.3 Å². The maximum Gasteiger partial charge on any atom is 0.160 e. The molecule has 0 amide bonds. The summed E-state index contributed by atoms with van der Waals surface area (Å²) >= 11 is 1.76. The number of thiophene rings is 1. The smallest absolute Gasteiger partial charge is 0.160 e. The van der Waals surface area contributed by atoms with Crippen molar-refractivity contribution >= 4 is 11.3 Å². The third-order valence-electron chi connectivity index (χ3n) is 3.97. The molecule has 0 aliphatic heterocycles. The number of methoxy groups -OCH3 is 2. The highest BCUT2D eigenvalue weighted by Crippen LogP contribution is 2.35. The Labute approximate surface area is 129 Å². The van der Waals surface area contributed by atoms with Crippen LogP contribution in [0.15, 0.2) is 24.3 Å². The van der Waals surface area contributed by atoms with Gasteiger partial charge >= 0.3 is 0 Å². The molecular formula is C17H20O3S. The zero-order valence-corrected chi connectivity index (χ0v) is 13.2. The summed E-state index contributed by atoms with van der Waals surface area (Å²) < 4.78 is 10.5. The van der Waals surface area contributed by atoms with Crippen LogP contribution in [0.25, 0.3) is 0 Å². The zero-order valence-electron chi connectivity index (χ0n) is 12.4. The van der Waals surface area contributed by atoms with Crippen LogP contribution in [0.2, 0.25) is 0 Å². The average molecular weight is 304 g/mol. The Morgan fingerprint density at radius 1 is 1.14 bits per heavy atom. The van der Waals surface area contributed by atoms with Gasteiger partial charge in [0.15, 0.2) is 11.5 Å². The van der Waals surface area contributed by atoms with Crippen molar-refractivity contribution in [3.63, 3.8) is 0 Å².